The Hall–Kier alpha value is -1.68. The van der Waals surface area contributed by atoms with E-state index in [1.807, 2.05) is 49.4 Å². The molecule has 0 fully saturated rings. The molecule has 2 aromatic rings. The van der Waals surface area contributed by atoms with Gasteiger partial charge in [-0.1, -0.05) is 34.1 Å². The minimum Gasteiger partial charge on any atom is -0.490 e. The Bertz CT molecular complexity index is 537. The highest BCUT2D eigenvalue weighted by atomic mass is 79.9. The summed E-state index contributed by atoms with van der Waals surface area (Å²) in [4.78, 5) is 0. The molecule has 100 valence electrons. The van der Waals surface area contributed by atoms with Crippen molar-refractivity contribution in [2.75, 3.05) is 12.3 Å². The summed E-state index contributed by atoms with van der Waals surface area (Å²) in [7, 11) is 0. The van der Waals surface area contributed by atoms with Crippen LogP contribution in [0.15, 0.2) is 46.9 Å². The maximum absolute atomic E-state index is 5.94. The van der Waals surface area contributed by atoms with Crippen LogP contribution in [0.3, 0.4) is 0 Å². The maximum Gasteiger partial charge on any atom is 0.161 e. The molecule has 0 bridgehead atoms. The minimum atomic E-state index is 0.400. The van der Waals surface area contributed by atoms with Crippen molar-refractivity contribution in [3.8, 4) is 11.5 Å². The van der Waals surface area contributed by atoms with Crippen molar-refractivity contribution in [1.29, 1.82) is 0 Å². The van der Waals surface area contributed by atoms with Gasteiger partial charge in [-0.25, -0.2) is 0 Å². The normalized spacial score (nSPS) is 10.2. The second-order valence-electron chi connectivity index (χ2n) is 3.98. The molecule has 4 heteroatoms. The molecule has 2 aromatic carbocycles. The average molecular weight is 322 g/mol. The van der Waals surface area contributed by atoms with Gasteiger partial charge in [0.05, 0.1) is 6.61 Å². The maximum atomic E-state index is 5.94. The van der Waals surface area contributed by atoms with Crippen LogP contribution in [0, 0.1) is 0 Å². The van der Waals surface area contributed by atoms with E-state index < -0.39 is 0 Å². The summed E-state index contributed by atoms with van der Waals surface area (Å²) in [5.41, 5.74) is 7.59. The molecule has 0 amide bonds. The van der Waals surface area contributed by atoms with E-state index in [1.165, 1.54) is 0 Å². The minimum absolute atomic E-state index is 0.400. The van der Waals surface area contributed by atoms with Gasteiger partial charge < -0.3 is 15.2 Å². The lowest BCUT2D eigenvalue weighted by atomic mass is 10.2. The highest BCUT2D eigenvalue weighted by molar-refractivity contribution is 9.10. The lowest BCUT2D eigenvalue weighted by Crippen LogP contribution is -2.03. The Morgan fingerprint density at radius 2 is 1.68 bits per heavy atom. The highest BCUT2D eigenvalue weighted by Gasteiger charge is 2.08. The van der Waals surface area contributed by atoms with E-state index in [1.54, 1.807) is 0 Å². The third-order valence-corrected chi connectivity index (χ3v) is 3.42. The predicted octanol–water partition coefficient (Wildman–Crippen LogP) is 4.01. The quantitative estimate of drug-likeness (QED) is 0.846. The van der Waals surface area contributed by atoms with Crippen molar-refractivity contribution in [3.05, 3.63) is 52.5 Å². The lowest BCUT2D eigenvalue weighted by molar-refractivity contribution is 0.269. The van der Waals surface area contributed by atoms with Gasteiger partial charge in [-0.3, -0.25) is 0 Å². The van der Waals surface area contributed by atoms with Gasteiger partial charge in [0.25, 0.3) is 0 Å². The molecule has 0 unspecified atom stereocenters. The van der Waals surface area contributed by atoms with Crippen LogP contribution in [0.25, 0.3) is 0 Å². The number of benzene rings is 2. The van der Waals surface area contributed by atoms with Crippen LogP contribution in [-0.2, 0) is 6.61 Å². The first-order valence-electron chi connectivity index (χ1n) is 6.10. The fourth-order valence-corrected chi connectivity index (χ4v) is 2.22. The second kappa shape index (κ2) is 6.48. The Labute approximate surface area is 121 Å². The monoisotopic (exact) mass is 321 g/mol. The number of ether oxygens (including phenoxy) is 2. The average Bonchev–Trinajstić information content (AvgIpc) is 2.40. The Morgan fingerprint density at radius 3 is 2.32 bits per heavy atom. The summed E-state index contributed by atoms with van der Waals surface area (Å²) in [6.07, 6.45) is 0. The molecule has 2 N–H and O–H groups in total. The Balaban J connectivity index is 2.15. The smallest absolute Gasteiger partial charge is 0.161 e. The van der Waals surface area contributed by atoms with Crippen LogP contribution in [0.2, 0.25) is 0 Å². The van der Waals surface area contributed by atoms with Gasteiger partial charge in [-0.15, -0.1) is 0 Å². The molecule has 3 nitrogen and oxygen atoms in total. The summed E-state index contributed by atoms with van der Waals surface area (Å²) in [5, 5.41) is 0. The Morgan fingerprint density at radius 1 is 1.00 bits per heavy atom. The fraction of sp³-hybridized carbons (Fsp3) is 0.200. The van der Waals surface area contributed by atoms with E-state index in [2.05, 4.69) is 15.9 Å². The third kappa shape index (κ3) is 3.41. The third-order valence-electron chi connectivity index (χ3n) is 2.68. The van der Waals surface area contributed by atoms with Crippen molar-refractivity contribution < 1.29 is 9.47 Å². The van der Waals surface area contributed by atoms with Crippen molar-refractivity contribution in [2.45, 2.75) is 13.5 Å². The number of rotatable bonds is 5. The van der Waals surface area contributed by atoms with Gasteiger partial charge in [-0.2, -0.15) is 0 Å². The molecule has 0 aliphatic heterocycles. The van der Waals surface area contributed by atoms with Gasteiger partial charge in [0, 0.05) is 15.7 Å². The number of hydrogen-bond donors (Lipinski definition) is 1. The van der Waals surface area contributed by atoms with Crippen molar-refractivity contribution in [1.82, 2.24) is 0 Å². The zero-order chi connectivity index (χ0) is 13.7. The summed E-state index contributed by atoms with van der Waals surface area (Å²) in [5.74, 6) is 1.47. The highest BCUT2D eigenvalue weighted by Crippen LogP contribution is 2.29. The first-order valence-corrected chi connectivity index (χ1v) is 6.89. The van der Waals surface area contributed by atoms with Crippen LogP contribution in [0.5, 0.6) is 11.5 Å². The molecule has 0 aromatic heterocycles. The van der Waals surface area contributed by atoms with Crippen LogP contribution < -0.4 is 15.2 Å². The molecule has 0 radical (unpaired) electrons. The van der Waals surface area contributed by atoms with Crippen LogP contribution in [0.4, 0.5) is 5.69 Å². The largest absolute Gasteiger partial charge is 0.490 e. The van der Waals surface area contributed by atoms with E-state index in [4.69, 9.17) is 15.2 Å². The summed E-state index contributed by atoms with van der Waals surface area (Å²) >= 11 is 3.48. The van der Waals surface area contributed by atoms with E-state index in [0.29, 0.717) is 18.9 Å². The number of halogens is 1. The van der Waals surface area contributed by atoms with E-state index in [-0.39, 0.29) is 0 Å². The SMILES string of the molecule is CCOc1ccccc1OCc1c(N)cccc1Br. The van der Waals surface area contributed by atoms with E-state index in [0.717, 1.165) is 21.5 Å². The molecule has 0 atom stereocenters. The molecule has 19 heavy (non-hydrogen) atoms. The first-order chi connectivity index (χ1) is 9.22. The molecule has 0 aliphatic carbocycles. The van der Waals surface area contributed by atoms with E-state index in [9.17, 15) is 0 Å². The topological polar surface area (TPSA) is 44.5 Å². The lowest BCUT2D eigenvalue weighted by Gasteiger charge is -2.13. The van der Waals surface area contributed by atoms with Crippen LogP contribution in [0.1, 0.15) is 12.5 Å². The summed E-state index contributed by atoms with van der Waals surface area (Å²) < 4.78 is 12.3. The summed E-state index contributed by atoms with van der Waals surface area (Å²) in [6.45, 7) is 2.96. The van der Waals surface area contributed by atoms with Crippen molar-refractivity contribution in [3.63, 3.8) is 0 Å². The van der Waals surface area contributed by atoms with E-state index >= 15 is 0 Å². The first kappa shape index (κ1) is 13.7. The molecule has 0 saturated heterocycles. The van der Waals surface area contributed by atoms with Crippen molar-refractivity contribution >= 4 is 21.6 Å². The predicted molar refractivity (Wildman–Crippen MR) is 80.5 cm³/mol. The molecule has 0 heterocycles. The van der Waals surface area contributed by atoms with Gasteiger partial charge >= 0.3 is 0 Å². The van der Waals surface area contributed by atoms with Gasteiger partial charge in [-0.05, 0) is 31.2 Å². The number of hydrogen-bond acceptors (Lipinski definition) is 3. The molecule has 0 saturated carbocycles. The van der Waals surface area contributed by atoms with Gasteiger partial charge in [0.15, 0.2) is 11.5 Å². The molecule has 0 aliphatic rings. The van der Waals surface area contributed by atoms with Gasteiger partial charge in [0.1, 0.15) is 6.61 Å². The van der Waals surface area contributed by atoms with Crippen molar-refractivity contribution in [2.24, 2.45) is 0 Å². The molecule has 0 spiro atoms. The zero-order valence-corrected chi connectivity index (χ0v) is 12.3. The molecule has 2 rings (SSSR count). The number of nitrogen functional groups attached to an aromatic ring is 1. The van der Waals surface area contributed by atoms with Crippen LogP contribution >= 0.6 is 15.9 Å². The number of nitrogens with two attached hydrogens (primary N) is 1. The standard InChI is InChI=1S/C15H16BrNO2/c1-2-18-14-8-3-4-9-15(14)19-10-11-12(16)6-5-7-13(11)17/h3-9H,2,10,17H2,1H3. The second-order valence-corrected chi connectivity index (χ2v) is 4.83. The Kier molecular flexibility index (Phi) is 4.68. The number of anilines is 1. The molecular formula is C15H16BrNO2. The van der Waals surface area contributed by atoms with Crippen LogP contribution in [-0.4, -0.2) is 6.61 Å². The zero-order valence-electron chi connectivity index (χ0n) is 10.7. The van der Waals surface area contributed by atoms with Gasteiger partial charge in [0.2, 0.25) is 0 Å². The summed E-state index contributed by atoms with van der Waals surface area (Å²) in [6, 6.07) is 13.3. The number of para-hydroxylation sites is 2. The molecular weight excluding hydrogens is 306 g/mol. The fourth-order valence-electron chi connectivity index (χ4n) is 1.72.